The Hall–Kier alpha value is -0.540. The fourth-order valence-electron chi connectivity index (χ4n) is 3.68. The van der Waals surface area contributed by atoms with Gasteiger partial charge in [0.05, 0.1) is 13.2 Å². The van der Waals surface area contributed by atoms with Crippen LogP contribution in [0.4, 0.5) is 0 Å². The van der Waals surface area contributed by atoms with Crippen molar-refractivity contribution in [1.29, 1.82) is 0 Å². The molecule has 1 atom stereocenters. The van der Waals surface area contributed by atoms with Crippen molar-refractivity contribution in [2.24, 2.45) is 5.41 Å². The monoisotopic (exact) mass is 340 g/mol. The fraction of sp³-hybridized carbons (Fsp3) is 0.647. The van der Waals surface area contributed by atoms with Crippen LogP contribution in [0.15, 0.2) is 10.5 Å². The molecule has 0 aliphatic heterocycles. The quantitative estimate of drug-likeness (QED) is 0.828. The molecular formula is C17H25BrO2. The van der Waals surface area contributed by atoms with Crippen LogP contribution < -0.4 is 4.74 Å². The van der Waals surface area contributed by atoms with E-state index in [0.29, 0.717) is 0 Å². The van der Waals surface area contributed by atoms with Crippen molar-refractivity contribution < 1.29 is 9.84 Å². The summed E-state index contributed by atoms with van der Waals surface area (Å²) in [6.07, 6.45) is 5.24. The molecule has 0 bridgehead atoms. The maximum absolute atomic E-state index is 11.1. The topological polar surface area (TPSA) is 29.5 Å². The summed E-state index contributed by atoms with van der Waals surface area (Å²) in [5, 5.41) is 11.1. The van der Waals surface area contributed by atoms with Gasteiger partial charge < -0.3 is 9.84 Å². The van der Waals surface area contributed by atoms with Gasteiger partial charge in [-0.25, -0.2) is 0 Å². The van der Waals surface area contributed by atoms with Crippen LogP contribution in [0.1, 0.15) is 61.8 Å². The average Bonchev–Trinajstić information content (AvgIpc) is 2.91. The molecule has 0 aromatic heterocycles. The number of ether oxygens (including phenoxy) is 1. The molecule has 1 saturated carbocycles. The Bertz CT molecular complexity index is 490. The second-order valence-electron chi connectivity index (χ2n) is 6.07. The molecule has 0 spiro atoms. The lowest BCUT2D eigenvalue weighted by Gasteiger charge is -2.35. The van der Waals surface area contributed by atoms with Gasteiger partial charge in [-0.2, -0.15) is 0 Å². The molecule has 1 aliphatic carbocycles. The van der Waals surface area contributed by atoms with Crippen molar-refractivity contribution in [2.75, 3.05) is 7.11 Å². The van der Waals surface area contributed by atoms with E-state index in [4.69, 9.17) is 4.74 Å². The van der Waals surface area contributed by atoms with Crippen LogP contribution in [0, 0.1) is 19.3 Å². The second kappa shape index (κ2) is 6.07. The lowest BCUT2D eigenvalue weighted by atomic mass is 9.74. The van der Waals surface area contributed by atoms with Crippen molar-refractivity contribution in [3.8, 4) is 5.75 Å². The Balaban J connectivity index is 2.56. The number of hydrogen-bond acceptors (Lipinski definition) is 2. The molecule has 1 aromatic carbocycles. The van der Waals surface area contributed by atoms with Gasteiger partial charge in [0.15, 0.2) is 0 Å². The Morgan fingerprint density at radius 1 is 1.35 bits per heavy atom. The summed E-state index contributed by atoms with van der Waals surface area (Å²) >= 11 is 3.61. The van der Waals surface area contributed by atoms with Crippen molar-refractivity contribution in [3.63, 3.8) is 0 Å². The third-order valence-electron chi connectivity index (χ3n) is 5.07. The largest absolute Gasteiger partial charge is 0.496 e. The van der Waals surface area contributed by atoms with E-state index in [9.17, 15) is 5.11 Å². The number of hydrogen-bond donors (Lipinski definition) is 1. The normalized spacial score (nSPS) is 19.1. The van der Waals surface area contributed by atoms with Gasteiger partial charge in [-0.3, -0.25) is 0 Å². The fourth-order valence-corrected chi connectivity index (χ4v) is 4.24. The summed E-state index contributed by atoms with van der Waals surface area (Å²) in [6, 6.07) is 2.07. The summed E-state index contributed by atoms with van der Waals surface area (Å²) in [4.78, 5) is 0. The number of methoxy groups -OCH3 is 1. The zero-order chi connectivity index (χ0) is 14.9. The maximum Gasteiger partial charge on any atom is 0.127 e. The van der Waals surface area contributed by atoms with Gasteiger partial charge in [-0.1, -0.05) is 35.7 Å². The first kappa shape index (κ1) is 15.8. The van der Waals surface area contributed by atoms with E-state index in [0.717, 1.165) is 46.2 Å². The van der Waals surface area contributed by atoms with E-state index in [2.05, 4.69) is 35.8 Å². The molecule has 20 heavy (non-hydrogen) atoms. The van der Waals surface area contributed by atoms with Gasteiger partial charge in [0.2, 0.25) is 0 Å². The summed E-state index contributed by atoms with van der Waals surface area (Å²) in [6.45, 7) is 6.29. The number of aryl methyl sites for hydroxylation is 1. The van der Waals surface area contributed by atoms with Gasteiger partial charge in [-0.05, 0) is 50.3 Å². The minimum absolute atomic E-state index is 0.0191. The molecule has 0 heterocycles. The highest BCUT2D eigenvalue weighted by Crippen LogP contribution is 2.53. The Morgan fingerprint density at radius 2 is 1.95 bits per heavy atom. The van der Waals surface area contributed by atoms with Crippen molar-refractivity contribution in [3.05, 3.63) is 27.2 Å². The molecule has 3 heteroatoms. The molecular weight excluding hydrogens is 316 g/mol. The minimum Gasteiger partial charge on any atom is -0.496 e. The Kier molecular flexibility index (Phi) is 4.80. The van der Waals surface area contributed by atoms with Crippen LogP contribution in [0.25, 0.3) is 0 Å². The molecule has 1 unspecified atom stereocenters. The number of halogens is 1. The molecule has 112 valence electrons. The highest BCUT2D eigenvalue weighted by Gasteiger charge is 2.41. The van der Waals surface area contributed by atoms with Crippen LogP contribution in [0.5, 0.6) is 5.75 Å². The predicted molar refractivity (Wildman–Crippen MR) is 86.3 cm³/mol. The minimum atomic E-state index is -0.443. The summed E-state index contributed by atoms with van der Waals surface area (Å²) in [7, 11) is 1.69. The Labute approximate surface area is 130 Å². The SMILES string of the molecule is CCC1(C(O)c2c(C)c(Br)cc(C)c2OC)CCCC1. The molecule has 0 amide bonds. The standard InChI is InChI=1S/C17H25BrO2/c1-5-17(8-6-7-9-17)16(19)14-12(3)13(18)10-11(2)15(14)20-4/h10,16,19H,5-9H2,1-4H3. The van der Waals surface area contributed by atoms with Crippen molar-refractivity contribution in [2.45, 2.75) is 59.0 Å². The zero-order valence-corrected chi connectivity index (χ0v) is 14.5. The Morgan fingerprint density at radius 3 is 2.45 bits per heavy atom. The average molecular weight is 341 g/mol. The summed E-state index contributed by atoms with van der Waals surface area (Å²) < 4.78 is 6.65. The molecule has 1 aliphatic rings. The molecule has 0 radical (unpaired) electrons. The van der Waals surface area contributed by atoms with E-state index in [1.54, 1.807) is 7.11 Å². The number of rotatable bonds is 4. The third kappa shape index (κ3) is 2.50. The van der Waals surface area contributed by atoms with Gasteiger partial charge >= 0.3 is 0 Å². The van der Waals surface area contributed by atoms with E-state index >= 15 is 0 Å². The van der Waals surface area contributed by atoms with Gasteiger partial charge in [-0.15, -0.1) is 0 Å². The molecule has 1 N–H and O–H groups in total. The van der Waals surface area contributed by atoms with E-state index in [-0.39, 0.29) is 5.41 Å². The smallest absolute Gasteiger partial charge is 0.127 e. The summed E-state index contributed by atoms with van der Waals surface area (Å²) in [5.41, 5.74) is 3.16. The molecule has 1 fully saturated rings. The van der Waals surface area contributed by atoms with Crippen molar-refractivity contribution in [1.82, 2.24) is 0 Å². The van der Waals surface area contributed by atoms with Gasteiger partial charge in [0, 0.05) is 15.5 Å². The first-order valence-corrected chi connectivity index (χ1v) is 8.28. The number of aliphatic hydroxyl groups excluding tert-OH is 1. The zero-order valence-electron chi connectivity index (χ0n) is 12.9. The van der Waals surface area contributed by atoms with Crippen molar-refractivity contribution >= 4 is 15.9 Å². The van der Waals surface area contributed by atoms with Crippen LogP contribution >= 0.6 is 15.9 Å². The lowest BCUT2D eigenvalue weighted by molar-refractivity contribution is 0.0214. The van der Waals surface area contributed by atoms with Gasteiger partial charge in [0.1, 0.15) is 5.75 Å². The van der Waals surface area contributed by atoms with Crippen LogP contribution in [0.2, 0.25) is 0 Å². The highest BCUT2D eigenvalue weighted by atomic mass is 79.9. The lowest BCUT2D eigenvalue weighted by Crippen LogP contribution is -2.26. The van der Waals surface area contributed by atoms with Crippen LogP contribution in [-0.4, -0.2) is 12.2 Å². The van der Waals surface area contributed by atoms with Gasteiger partial charge in [0.25, 0.3) is 0 Å². The first-order chi connectivity index (χ1) is 9.46. The molecule has 0 saturated heterocycles. The number of benzene rings is 1. The summed E-state index contributed by atoms with van der Waals surface area (Å²) in [5.74, 6) is 0.845. The highest BCUT2D eigenvalue weighted by molar-refractivity contribution is 9.10. The van der Waals surface area contributed by atoms with E-state index in [1.807, 2.05) is 6.92 Å². The van der Waals surface area contributed by atoms with E-state index in [1.165, 1.54) is 12.8 Å². The molecule has 2 nitrogen and oxygen atoms in total. The second-order valence-corrected chi connectivity index (χ2v) is 6.93. The maximum atomic E-state index is 11.1. The van der Waals surface area contributed by atoms with E-state index < -0.39 is 6.10 Å². The molecule has 2 rings (SSSR count). The third-order valence-corrected chi connectivity index (χ3v) is 5.89. The predicted octanol–water partition coefficient (Wildman–Crippen LogP) is 5.08. The first-order valence-electron chi connectivity index (χ1n) is 7.48. The van der Waals surface area contributed by atoms with Crippen LogP contribution in [-0.2, 0) is 0 Å². The number of aliphatic hydroxyl groups is 1. The van der Waals surface area contributed by atoms with Crippen LogP contribution in [0.3, 0.4) is 0 Å². The molecule has 1 aromatic rings.